The van der Waals surface area contributed by atoms with Crippen LogP contribution in [0.15, 0.2) is 36.4 Å². The molecule has 0 saturated heterocycles. The van der Waals surface area contributed by atoms with Gasteiger partial charge in [0.25, 0.3) is 5.91 Å². The lowest BCUT2D eigenvalue weighted by Gasteiger charge is -2.35. The van der Waals surface area contributed by atoms with E-state index in [0.717, 1.165) is 41.9 Å². The summed E-state index contributed by atoms with van der Waals surface area (Å²) in [5.74, 6) is -0.00226. The Kier molecular flexibility index (Phi) is 4.32. The maximum Gasteiger partial charge on any atom is 0.262 e. The van der Waals surface area contributed by atoms with E-state index in [-0.39, 0.29) is 24.2 Å². The molecule has 2 aromatic rings. The molecule has 0 fully saturated rings. The molecule has 2 aromatic carbocycles. The summed E-state index contributed by atoms with van der Waals surface area (Å²) in [6, 6.07) is 9.43. The average Bonchev–Trinajstić information content (AvgIpc) is 2.64. The second-order valence-corrected chi connectivity index (χ2v) is 6.58. The van der Waals surface area contributed by atoms with Crippen molar-refractivity contribution in [3.8, 4) is 5.75 Å². The van der Waals surface area contributed by atoms with Gasteiger partial charge in [-0.05, 0) is 66.8 Å². The molecule has 0 saturated carbocycles. The first-order chi connectivity index (χ1) is 12.6. The van der Waals surface area contributed by atoms with Crippen molar-refractivity contribution in [3.05, 3.63) is 53.3 Å². The van der Waals surface area contributed by atoms with Gasteiger partial charge >= 0.3 is 0 Å². The molecular weight excluding hydrogens is 335 g/mol. The van der Waals surface area contributed by atoms with Crippen LogP contribution in [-0.2, 0) is 22.4 Å². The predicted molar refractivity (Wildman–Crippen MR) is 96.0 cm³/mol. The van der Waals surface area contributed by atoms with Crippen molar-refractivity contribution >= 4 is 23.2 Å². The van der Waals surface area contributed by atoms with Crippen LogP contribution in [0.1, 0.15) is 24.0 Å². The number of amides is 2. The molecule has 0 atom stereocenters. The highest BCUT2D eigenvalue weighted by molar-refractivity contribution is 5.99. The quantitative estimate of drug-likeness (QED) is 0.918. The fraction of sp³-hybridized carbons (Fsp3) is 0.300. The maximum absolute atomic E-state index is 12.9. The Morgan fingerprint density at radius 2 is 1.85 bits per heavy atom. The number of hydrogen-bond acceptors (Lipinski definition) is 3. The number of rotatable bonds is 4. The Morgan fingerprint density at radius 3 is 2.62 bits per heavy atom. The topological polar surface area (TPSA) is 58.6 Å². The Bertz CT molecular complexity index is 847. The summed E-state index contributed by atoms with van der Waals surface area (Å²) in [5.41, 5.74) is 3.98. The molecule has 0 aromatic heterocycles. The summed E-state index contributed by atoms with van der Waals surface area (Å²) in [5, 5.41) is 2.86. The molecule has 134 valence electrons. The van der Waals surface area contributed by atoms with Gasteiger partial charge in [-0.2, -0.15) is 0 Å². The molecule has 5 nitrogen and oxygen atoms in total. The number of carbonyl (C=O) groups excluding carboxylic acids is 2. The van der Waals surface area contributed by atoms with Crippen LogP contribution in [0.2, 0.25) is 0 Å². The van der Waals surface area contributed by atoms with E-state index in [1.54, 1.807) is 0 Å². The van der Waals surface area contributed by atoms with Crippen molar-refractivity contribution < 1.29 is 18.7 Å². The first-order valence-corrected chi connectivity index (χ1v) is 8.74. The number of anilines is 2. The summed E-state index contributed by atoms with van der Waals surface area (Å²) in [7, 11) is 0. The average molecular weight is 354 g/mol. The van der Waals surface area contributed by atoms with E-state index in [4.69, 9.17) is 4.74 Å². The Morgan fingerprint density at radius 1 is 1.12 bits per heavy atom. The second-order valence-electron chi connectivity index (χ2n) is 6.58. The van der Waals surface area contributed by atoms with Crippen molar-refractivity contribution in [3.63, 3.8) is 0 Å². The van der Waals surface area contributed by atoms with E-state index in [2.05, 4.69) is 5.32 Å². The van der Waals surface area contributed by atoms with Gasteiger partial charge in [-0.1, -0.05) is 0 Å². The Hall–Kier alpha value is -2.89. The number of ether oxygens (including phenoxy) is 1. The third kappa shape index (κ3) is 3.27. The maximum atomic E-state index is 12.9. The van der Waals surface area contributed by atoms with Gasteiger partial charge < -0.3 is 15.0 Å². The molecule has 4 rings (SSSR count). The van der Waals surface area contributed by atoms with Gasteiger partial charge in [-0.3, -0.25) is 9.59 Å². The van der Waals surface area contributed by atoms with Crippen LogP contribution < -0.4 is 15.0 Å². The highest BCUT2D eigenvalue weighted by Gasteiger charge is 2.29. The standard InChI is InChI=1S/C20H19FN2O3/c21-15-4-6-17(7-5-15)26-12-18(24)22-16-10-13-2-1-9-23-19(25)8-3-14(11-16)20(13)23/h4-7,10-11H,1-3,8-9,12H2,(H,22,24). The lowest BCUT2D eigenvalue weighted by molar-refractivity contribution is -0.119. The molecular formula is C20H19FN2O3. The number of nitrogens with one attached hydrogen (secondary N) is 1. The van der Waals surface area contributed by atoms with E-state index < -0.39 is 0 Å². The van der Waals surface area contributed by atoms with Crippen molar-refractivity contribution in [2.24, 2.45) is 0 Å². The van der Waals surface area contributed by atoms with Crippen molar-refractivity contribution in [2.45, 2.75) is 25.7 Å². The number of nitrogens with zero attached hydrogens (tertiary/aromatic N) is 1. The molecule has 0 spiro atoms. The molecule has 0 bridgehead atoms. The van der Waals surface area contributed by atoms with Gasteiger partial charge in [0.05, 0.1) is 5.69 Å². The van der Waals surface area contributed by atoms with Gasteiger partial charge in [-0.15, -0.1) is 0 Å². The first-order valence-electron chi connectivity index (χ1n) is 8.74. The number of hydrogen-bond donors (Lipinski definition) is 1. The summed E-state index contributed by atoms with van der Waals surface area (Å²) in [6.07, 6.45) is 3.05. The van der Waals surface area contributed by atoms with Crippen LogP contribution in [-0.4, -0.2) is 25.0 Å². The number of halogens is 1. The van der Waals surface area contributed by atoms with Crippen LogP contribution >= 0.6 is 0 Å². The van der Waals surface area contributed by atoms with Crippen molar-refractivity contribution in [2.75, 3.05) is 23.4 Å². The molecule has 2 aliphatic heterocycles. The molecule has 6 heteroatoms. The third-order valence-electron chi connectivity index (χ3n) is 4.74. The lowest BCUT2D eigenvalue weighted by atomic mass is 9.91. The molecule has 0 aliphatic carbocycles. The fourth-order valence-electron chi connectivity index (χ4n) is 3.60. The zero-order chi connectivity index (χ0) is 18.1. The van der Waals surface area contributed by atoms with E-state index in [1.165, 1.54) is 24.3 Å². The highest BCUT2D eigenvalue weighted by Crippen LogP contribution is 2.37. The SMILES string of the molecule is O=C(COc1ccc(F)cc1)Nc1cc2c3c(c1)CCC(=O)N3CCC2. The monoisotopic (exact) mass is 354 g/mol. The van der Waals surface area contributed by atoms with Crippen molar-refractivity contribution in [1.29, 1.82) is 0 Å². The molecule has 0 unspecified atom stereocenters. The molecule has 26 heavy (non-hydrogen) atoms. The molecule has 2 heterocycles. The summed E-state index contributed by atoms with van der Waals surface area (Å²) in [4.78, 5) is 26.1. The fourth-order valence-corrected chi connectivity index (χ4v) is 3.60. The number of aryl methyl sites for hydroxylation is 2. The van der Waals surface area contributed by atoms with E-state index in [0.29, 0.717) is 18.6 Å². The minimum Gasteiger partial charge on any atom is -0.484 e. The summed E-state index contributed by atoms with van der Waals surface area (Å²) < 4.78 is 18.3. The minimum absolute atomic E-state index is 0.150. The Balaban J connectivity index is 1.46. The van der Waals surface area contributed by atoms with Crippen molar-refractivity contribution in [1.82, 2.24) is 0 Å². The third-order valence-corrected chi connectivity index (χ3v) is 4.74. The largest absolute Gasteiger partial charge is 0.484 e. The lowest BCUT2D eigenvalue weighted by Crippen LogP contribution is -2.39. The first kappa shape index (κ1) is 16.6. The molecule has 2 aliphatic rings. The number of carbonyl (C=O) groups is 2. The van der Waals surface area contributed by atoms with Gasteiger partial charge in [0.1, 0.15) is 11.6 Å². The van der Waals surface area contributed by atoms with Crippen LogP contribution in [0.5, 0.6) is 5.75 Å². The second kappa shape index (κ2) is 6.78. The zero-order valence-electron chi connectivity index (χ0n) is 14.3. The zero-order valence-corrected chi connectivity index (χ0v) is 14.3. The molecule has 0 radical (unpaired) electrons. The number of benzene rings is 2. The van der Waals surface area contributed by atoms with Crippen LogP contribution in [0.25, 0.3) is 0 Å². The van der Waals surface area contributed by atoms with Gasteiger partial charge in [0, 0.05) is 18.7 Å². The Labute approximate surface area is 150 Å². The summed E-state index contributed by atoms with van der Waals surface area (Å²) >= 11 is 0. The minimum atomic E-state index is -0.350. The highest BCUT2D eigenvalue weighted by atomic mass is 19.1. The van der Waals surface area contributed by atoms with Crippen LogP contribution in [0.3, 0.4) is 0 Å². The van der Waals surface area contributed by atoms with Crippen LogP contribution in [0.4, 0.5) is 15.8 Å². The van der Waals surface area contributed by atoms with E-state index in [1.807, 2.05) is 17.0 Å². The van der Waals surface area contributed by atoms with Gasteiger partial charge in [-0.25, -0.2) is 4.39 Å². The van der Waals surface area contributed by atoms with Crippen LogP contribution in [0, 0.1) is 5.82 Å². The summed E-state index contributed by atoms with van der Waals surface area (Å²) in [6.45, 7) is 0.624. The predicted octanol–water partition coefficient (Wildman–Crippen LogP) is 3.07. The van der Waals surface area contributed by atoms with E-state index >= 15 is 0 Å². The van der Waals surface area contributed by atoms with Gasteiger partial charge in [0.2, 0.25) is 5.91 Å². The molecule has 1 N–H and O–H groups in total. The smallest absolute Gasteiger partial charge is 0.262 e. The van der Waals surface area contributed by atoms with E-state index in [9.17, 15) is 14.0 Å². The normalized spacial score (nSPS) is 15.4. The van der Waals surface area contributed by atoms with Gasteiger partial charge in [0.15, 0.2) is 6.61 Å². The molecule has 2 amide bonds.